The van der Waals surface area contributed by atoms with Crippen LogP contribution in [0.5, 0.6) is 0 Å². The van der Waals surface area contributed by atoms with Gasteiger partial charge >= 0.3 is 0 Å². The monoisotopic (exact) mass is 425 g/mol. The second kappa shape index (κ2) is 9.69. The first-order chi connectivity index (χ1) is 14.4. The number of hydrogen-bond acceptors (Lipinski definition) is 4. The molecular weight excluding hydrogens is 402 g/mol. The van der Waals surface area contributed by atoms with Crippen molar-refractivity contribution in [3.05, 3.63) is 86.8 Å². The van der Waals surface area contributed by atoms with Gasteiger partial charge in [0.25, 0.3) is 5.56 Å². The molecular formula is C23H24ClN3O3. The molecule has 0 aliphatic rings. The third kappa shape index (κ3) is 4.96. The lowest BCUT2D eigenvalue weighted by atomic mass is 10.1. The van der Waals surface area contributed by atoms with Gasteiger partial charge in [0.1, 0.15) is 12.4 Å². The topological polar surface area (TPSA) is 84.2 Å². The van der Waals surface area contributed by atoms with Crippen LogP contribution in [-0.2, 0) is 17.8 Å². The molecule has 0 radical (unpaired) electrons. The van der Waals surface area contributed by atoms with Gasteiger partial charge < -0.3 is 10.4 Å². The molecule has 0 saturated carbocycles. The number of benzene rings is 2. The summed E-state index contributed by atoms with van der Waals surface area (Å²) < 4.78 is 1.36. The van der Waals surface area contributed by atoms with Gasteiger partial charge in [-0.15, -0.1) is 0 Å². The number of rotatable bonds is 7. The Morgan fingerprint density at radius 3 is 2.47 bits per heavy atom. The highest BCUT2D eigenvalue weighted by Gasteiger charge is 2.18. The number of carbonyl (C=O) groups excluding carboxylic acids is 1. The van der Waals surface area contributed by atoms with E-state index in [0.717, 1.165) is 5.56 Å². The fraction of sp³-hybridized carbons (Fsp3) is 0.261. The molecule has 2 aromatic carbocycles. The van der Waals surface area contributed by atoms with E-state index in [2.05, 4.69) is 10.3 Å². The lowest BCUT2D eigenvalue weighted by molar-refractivity contribution is -0.122. The Hall–Kier alpha value is -2.96. The van der Waals surface area contributed by atoms with E-state index >= 15 is 0 Å². The molecule has 0 spiro atoms. The van der Waals surface area contributed by atoms with Gasteiger partial charge in [-0.25, -0.2) is 4.98 Å². The van der Waals surface area contributed by atoms with Gasteiger partial charge in [0.05, 0.1) is 6.04 Å². The van der Waals surface area contributed by atoms with Crippen molar-refractivity contribution in [2.75, 3.05) is 6.61 Å². The molecule has 0 bridgehead atoms. The summed E-state index contributed by atoms with van der Waals surface area (Å²) in [4.78, 5) is 30.5. The number of halogens is 1. The largest absolute Gasteiger partial charge is 0.396 e. The summed E-state index contributed by atoms with van der Waals surface area (Å²) >= 11 is 5.99. The Labute approximate surface area is 180 Å². The lowest BCUT2D eigenvalue weighted by Gasteiger charge is -2.18. The van der Waals surface area contributed by atoms with E-state index in [9.17, 15) is 14.7 Å². The second-order valence-corrected chi connectivity index (χ2v) is 7.51. The van der Waals surface area contributed by atoms with Crippen LogP contribution in [0.15, 0.2) is 59.4 Å². The van der Waals surface area contributed by atoms with Crippen LogP contribution in [0.2, 0.25) is 5.02 Å². The molecule has 0 aliphatic heterocycles. The van der Waals surface area contributed by atoms with Crippen LogP contribution in [0.3, 0.4) is 0 Å². The van der Waals surface area contributed by atoms with Crippen LogP contribution >= 0.6 is 11.6 Å². The lowest BCUT2D eigenvalue weighted by Crippen LogP contribution is -2.36. The number of nitrogens with one attached hydrogen (secondary N) is 1. The van der Waals surface area contributed by atoms with Crippen LogP contribution in [0.4, 0.5) is 0 Å². The molecule has 30 heavy (non-hydrogen) atoms. The molecule has 2 N–H and O–H groups in total. The smallest absolute Gasteiger partial charge is 0.257 e. The minimum atomic E-state index is -0.330. The predicted molar refractivity (Wildman–Crippen MR) is 117 cm³/mol. The standard InChI is InChI=1S/C23H24ClN3O3/c1-15(17-6-4-3-5-7-17)25-21(29)14-27-22(18-8-10-19(24)11-9-18)26-16(2)20(12-13-28)23(27)30/h3-11,15,28H,12-14H2,1-2H3,(H,25,29)/t15-/m0/s1. The molecule has 0 unspecified atom stereocenters. The Morgan fingerprint density at radius 2 is 1.83 bits per heavy atom. The van der Waals surface area contributed by atoms with E-state index in [1.807, 2.05) is 37.3 Å². The van der Waals surface area contributed by atoms with Crippen LogP contribution in [0.1, 0.15) is 29.8 Å². The van der Waals surface area contributed by atoms with Gasteiger partial charge in [0, 0.05) is 34.9 Å². The average Bonchev–Trinajstić information content (AvgIpc) is 2.74. The number of aliphatic hydroxyl groups excluding tert-OH is 1. The first-order valence-corrected chi connectivity index (χ1v) is 10.1. The first-order valence-electron chi connectivity index (χ1n) is 9.72. The van der Waals surface area contributed by atoms with Gasteiger partial charge in [0.2, 0.25) is 5.91 Å². The number of hydrogen-bond donors (Lipinski definition) is 2. The van der Waals surface area contributed by atoms with E-state index in [4.69, 9.17) is 11.6 Å². The second-order valence-electron chi connectivity index (χ2n) is 7.07. The molecule has 1 amide bonds. The van der Waals surface area contributed by atoms with Gasteiger partial charge in [-0.2, -0.15) is 0 Å². The molecule has 1 heterocycles. The van der Waals surface area contributed by atoms with E-state index < -0.39 is 0 Å². The van der Waals surface area contributed by atoms with E-state index in [1.165, 1.54) is 4.57 Å². The normalized spacial score (nSPS) is 11.9. The summed E-state index contributed by atoms with van der Waals surface area (Å²) in [7, 11) is 0. The van der Waals surface area contributed by atoms with E-state index in [0.29, 0.717) is 27.7 Å². The summed E-state index contributed by atoms with van der Waals surface area (Å²) in [6.07, 6.45) is 0.181. The summed E-state index contributed by atoms with van der Waals surface area (Å²) in [5, 5.41) is 12.8. The minimum Gasteiger partial charge on any atom is -0.396 e. The summed E-state index contributed by atoms with van der Waals surface area (Å²) in [5.41, 5.74) is 2.26. The van der Waals surface area contributed by atoms with Gasteiger partial charge in [0.15, 0.2) is 0 Å². The molecule has 1 atom stereocenters. The van der Waals surface area contributed by atoms with Crippen molar-refractivity contribution >= 4 is 17.5 Å². The zero-order valence-electron chi connectivity index (χ0n) is 16.9. The Morgan fingerprint density at radius 1 is 1.17 bits per heavy atom. The fourth-order valence-electron chi connectivity index (χ4n) is 3.32. The number of aliphatic hydroxyl groups is 1. The molecule has 3 aromatic rings. The molecule has 0 fully saturated rings. The highest BCUT2D eigenvalue weighted by Crippen LogP contribution is 2.20. The highest BCUT2D eigenvalue weighted by molar-refractivity contribution is 6.30. The summed E-state index contributed by atoms with van der Waals surface area (Å²) in [6.45, 7) is 3.27. The van der Waals surface area contributed by atoms with Crippen molar-refractivity contribution < 1.29 is 9.90 Å². The molecule has 7 heteroatoms. The van der Waals surface area contributed by atoms with Gasteiger partial charge in [-0.05, 0) is 43.7 Å². The molecule has 156 valence electrons. The maximum atomic E-state index is 13.1. The van der Waals surface area contributed by atoms with E-state index in [-0.39, 0.29) is 37.1 Å². The van der Waals surface area contributed by atoms with Crippen LogP contribution in [0.25, 0.3) is 11.4 Å². The highest BCUT2D eigenvalue weighted by atomic mass is 35.5. The zero-order valence-corrected chi connectivity index (χ0v) is 17.7. The maximum Gasteiger partial charge on any atom is 0.257 e. The SMILES string of the molecule is Cc1nc(-c2ccc(Cl)cc2)n(CC(=O)N[C@@H](C)c2ccccc2)c(=O)c1CCO. The average molecular weight is 426 g/mol. The molecule has 6 nitrogen and oxygen atoms in total. The third-order valence-electron chi connectivity index (χ3n) is 4.91. The Kier molecular flexibility index (Phi) is 7.03. The first kappa shape index (κ1) is 21.7. The molecule has 0 saturated heterocycles. The van der Waals surface area contributed by atoms with Crippen molar-refractivity contribution in [1.29, 1.82) is 0 Å². The van der Waals surface area contributed by atoms with Crippen LogP contribution in [-0.4, -0.2) is 27.2 Å². The fourth-order valence-corrected chi connectivity index (χ4v) is 3.45. The molecule has 1 aromatic heterocycles. The molecule has 3 rings (SSSR count). The number of nitrogens with zero attached hydrogens (tertiary/aromatic N) is 2. The summed E-state index contributed by atoms with van der Waals surface area (Å²) in [6, 6.07) is 16.3. The zero-order chi connectivity index (χ0) is 21.7. The van der Waals surface area contributed by atoms with Gasteiger partial charge in [-0.3, -0.25) is 14.2 Å². The quantitative estimate of drug-likeness (QED) is 0.608. The van der Waals surface area contributed by atoms with Crippen molar-refractivity contribution in [1.82, 2.24) is 14.9 Å². The number of carbonyl (C=O) groups is 1. The van der Waals surface area contributed by atoms with Crippen molar-refractivity contribution in [3.63, 3.8) is 0 Å². The van der Waals surface area contributed by atoms with E-state index in [1.54, 1.807) is 31.2 Å². The number of aromatic nitrogens is 2. The predicted octanol–water partition coefficient (Wildman–Crippen LogP) is 3.28. The number of amides is 1. The van der Waals surface area contributed by atoms with Crippen molar-refractivity contribution in [3.8, 4) is 11.4 Å². The van der Waals surface area contributed by atoms with Crippen molar-refractivity contribution in [2.24, 2.45) is 0 Å². The van der Waals surface area contributed by atoms with Crippen LogP contribution in [0, 0.1) is 6.92 Å². The number of aryl methyl sites for hydroxylation is 1. The Balaban J connectivity index is 1.96. The van der Waals surface area contributed by atoms with Crippen LogP contribution < -0.4 is 10.9 Å². The molecule has 0 aliphatic carbocycles. The summed E-state index contributed by atoms with van der Waals surface area (Å²) in [5.74, 6) is 0.0858. The Bertz CT molecular complexity index is 1080. The third-order valence-corrected chi connectivity index (χ3v) is 5.16. The van der Waals surface area contributed by atoms with Crippen molar-refractivity contribution in [2.45, 2.75) is 32.9 Å². The minimum absolute atomic E-state index is 0.171. The maximum absolute atomic E-state index is 13.1. The van der Waals surface area contributed by atoms with Gasteiger partial charge in [-0.1, -0.05) is 41.9 Å².